The Morgan fingerprint density at radius 3 is 2.20 bits per heavy atom. The van der Waals surface area contributed by atoms with E-state index in [1.807, 2.05) is 26.0 Å². The van der Waals surface area contributed by atoms with Gasteiger partial charge in [0.05, 0.1) is 10.6 Å². The summed E-state index contributed by atoms with van der Waals surface area (Å²) in [5, 5.41) is 0. The molecular formula is C17H24O2S. The van der Waals surface area contributed by atoms with Crippen molar-refractivity contribution in [1.29, 1.82) is 0 Å². The van der Waals surface area contributed by atoms with Crippen LogP contribution in [0.5, 0.6) is 0 Å². The molecule has 0 heterocycles. The average Bonchev–Trinajstić information content (AvgIpc) is 2.44. The van der Waals surface area contributed by atoms with Crippen LogP contribution in [0.2, 0.25) is 0 Å². The Bertz CT molecular complexity index is 574. The summed E-state index contributed by atoms with van der Waals surface area (Å²) >= 11 is 0. The zero-order valence-corrected chi connectivity index (χ0v) is 13.6. The van der Waals surface area contributed by atoms with E-state index in [0.29, 0.717) is 17.2 Å². The molecule has 1 aromatic carbocycles. The molecule has 0 aromatic heterocycles. The van der Waals surface area contributed by atoms with Gasteiger partial charge < -0.3 is 0 Å². The highest BCUT2D eigenvalue weighted by Gasteiger charge is 2.15. The van der Waals surface area contributed by atoms with Crippen molar-refractivity contribution in [3.8, 4) is 11.8 Å². The molecule has 0 amide bonds. The summed E-state index contributed by atoms with van der Waals surface area (Å²) in [5.41, 5.74) is 1.14. The van der Waals surface area contributed by atoms with Crippen molar-refractivity contribution in [3.63, 3.8) is 0 Å². The fourth-order valence-electron chi connectivity index (χ4n) is 2.04. The lowest BCUT2D eigenvalue weighted by Crippen LogP contribution is -2.07. The minimum absolute atomic E-state index is 0.209. The maximum Gasteiger partial charge on any atom is 0.178 e. The molecule has 0 spiro atoms. The van der Waals surface area contributed by atoms with Crippen LogP contribution in [0.25, 0.3) is 0 Å². The molecule has 0 aliphatic carbocycles. The first-order valence-electron chi connectivity index (χ1n) is 7.23. The highest BCUT2D eigenvalue weighted by molar-refractivity contribution is 7.91. The molecule has 1 rings (SSSR count). The topological polar surface area (TPSA) is 34.1 Å². The summed E-state index contributed by atoms with van der Waals surface area (Å²) in [4.78, 5) is 0.419. The van der Waals surface area contributed by atoms with Crippen LogP contribution in [0.15, 0.2) is 29.2 Å². The summed E-state index contributed by atoms with van der Waals surface area (Å²) in [6.45, 7) is 8.15. The van der Waals surface area contributed by atoms with E-state index in [9.17, 15) is 8.42 Å². The monoisotopic (exact) mass is 292 g/mol. The fourth-order valence-corrected chi connectivity index (χ4v) is 3.37. The van der Waals surface area contributed by atoms with Gasteiger partial charge in [0.15, 0.2) is 9.84 Å². The Morgan fingerprint density at radius 2 is 1.70 bits per heavy atom. The van der Waals surface area contributed by atoms with Crippen molar-refractivity contribution in [3.05, 3.63) is 29.8 Å². The minimum atomic E-state index is -3.12. The van der Waals surface area contributed by atoms with Gasteiger partial charge in [0, 0.05) is 12.3 Å². The van der Waals surface area contributed by atoms with E-state index in [-0.39, 0.29) is 11.7 Å². The molecule has 3 heteroatoms. The number of hydrogen-bond donors (Lipinski definition) is 0. The van der Waals surface area contributed by atoms with Crippen LogP contribution in [0.4, 0.5) is 0 Å². The molecule has 0 saturated carbocycles. The SMILES string of the molecule is CCC#CC(C)C(C)c1ccc(S(=O)(=O)CCC)cc1. The van der Waals surface area contributed by atoms with Crippen molar-refractivity contribution in [2.24, 2.45) is 5.92 Å². The molecule has 0 N–H and O–H groups in total. The van der Waals surface area contributed by atoms with Crippen molar-refractivity contribution in [1.82, 2.24) is 0 Å². The van der Waals surface area contributed by atoms with Crippen LogP contribution in [0.3, 0.4) is 0 Å². The first-order valence-corrected chi connectivity index (χ1v) is 8.88. The van der Waals surface area contributed by atoms with Gasteiger partial charge in [0.25, 0.3) is 0 Å². The van der Waals surface area contributed by atoms with Crippen molar-refractivity contribution in [2.75, 3.05) is 5.75 Å². The third kappa shape index (κ3) is 4.38. The van der Waals surface area contributed by atoms with Gasteiger partial charge in [0.1, 0.15) is 0 Å². The zero-order valence-electron chi connectivity index (χ0n) is 12.8. The zero-order chi connectivity index (χ0) is 15.2. The Morgan fingerprint density at radius 1 is 1.10 bits per heavy atom. The molecule has 0 aliphatic rings. The van der Waals surface area contributed by atoms with Gasteiger partial charge in [-0.3, -0.25) is 0 Å². The van der Waals surface area contributed by atoms with Crippen LogP contribution in [-0.4, -0.2) is 14.2 Å². The maximum atomic E-state index is 12.0. The summed E-state index contributed by atoms with van der Waals surface area (Å²) < 4.78 is 23.9. The second kappa shape index (κ2) is 7.50. The first-order chi connectivity index (χ1) is 9.42. The third-order valence-corrected chi connectivity index (χ3v) is 5.43. The smallest absolute Gasteiger partial charge is 0.178 e. The van der Waals surface area contributed by atoms with Crippen molar-refractivity contribution in [2.45, 2.75) is 51.3 Å². The van der Waals surface area contributed by atoms with Gasteiger partial charge in [0.2, 0.25) is 0 Å². The summed E-state index contributed by atoms with van der Waals surface area (Å²) in [5.74, 6) is 7.12. The molecule has 2 atom stereocenters. The molecule has 20 heavy (non-hydrogen) atoms. The molecule has 110 valence electrons. The number of sulfone groups is 1. The molecule has 2 unspecified atom stereocenters. The second-order valence-corrected chi connectivity index (χ2v) is 7.25. The fraction of sp³-hybridized carbons (Fsp3) is 0.529. The molecule has 1 aromatic rings. The Hall–Kier alpha value is -1.27. The lowest BCUT2D eigenvalue weighted by Gasteiger charge is -2.15. The first kappa shape index (κ1) is 16.8. The van der Waals surface area contributed by atoms with Crippen LogP contribution >= 0.6 is 0 Å². The Balaban J connectivity index is 2.91. The summed E-state index contributed by atoms with van der Waals surface area (Å²) in [6.07, 6.45) is 1.51. The van der Waals surface area contributed by atoms with E-state index in [0.717, 1.165) is 12.0 Å². The van der Waals surface area contributed by atoms with Crippen molar-refractivity contribution >= 4 is 9.84 Å². The predicted octanol–water partition coefficient (Wildman–Crippen LogP) is 4.02. The molecule has 2 nitrogen and oxygen atoms in total. The summed E-state index contributed by atoms with van der Waals surface area (Å²) in [7, 11) is -3.12. The minimum Gasteiger partial charge on any atom is -0.224 e. The van der Waals surface area contributed by atoms with E-state index in [2.05, 4.69) is 25.7 Å². The average molecular weight is 292 g/mol. The van der Waals surface area contributed by atoms with E-state index >= 15 is 0 Å². The van der Waals surface area contributed by atoms with E-state index < -0.39 is 9.84 Å². The molecule has 0 aliphatic heterocycles. The van der Waals surface area contributed by atoms with Gasteiger partial charge in [-0.25, -0.2) is 8.42 Å². The van der Waals surface area contributed by atoms with E-state index in [1.54, 1.807) is 12.1 Å². The molecule has 0 saturated heterocycles. The Labute approximate surface area is 123 Å². The van der Waals surface area contributed by atoms with Gasteiger partial charge in [-0.05, 0) is 30.0 Å². The largest absolute Gasteiger partial charge is 0.224 e. The van der Waals surface area contributed by atoms with E-state index in [1.165, 1.54) is 0 Å². The number of benzene rings is 1. The lowest BCUT2D eigenvalue weighted by atomic mass is 9.89. The quantitative estimate of drug-likeness (QED) is 0.768. The van der Waals surface area contributed by atoms with Gasteiger partial charge in [-0.1, -0.05) is 45.7 Å². The van der Waals surface area contributed by atoms with E-state index in [4.69, 9.17) is 0 Å². The van der Waals surface area contributed by atoms with Crippen LogP contribution in [0.1, 0.15) is 52.0 Å². The van der Waals surface area contributed by atoms with Gasteiger partial charge >= 0.3 is 0 Å². The highest BCUT2D eigenvalue weighted by atomic mass is 32.2. The number of rotatable bonds is 5. The van der Waals surface area contributed by atoms with Crippen LogP contribution in [-0.2, 0) is 9.84 Å². The van der Waals surface area contributed by atoms with Gasteiger partial charge in [-0.15, -0.1) is 5.92 Å². The lowest BCUT2D eigenvalue weighted by molar-refractivity contribution is 0.593. The Kier molecular flexibility index (Phi) is 6.29. The predicted molar refractivity (Wildman–Crippen MR) is 84.4 cm³/mol. The molecule has 0 fully saturated rings. The summed E-state index contributed by atoms with van der Waals surface area (Å²) in [6, 6.07) is 7.27. The maximum absolute atomic E-state index is 12.0. The van der Waals surface area contributed by atoms with Gasteiger partial charge in [-0.2, -0.15) is 0 Å². The third-order valence-electron chi connectivity index (χ3n) is 3.49. The van der Waals surface area contributed by atoms with Crippen LogP contribution in [0, 0.1) is 17.8 Å². The molecule has 0 bridgehead atoms. The second-order valence-electron chi connectivity index (χ2n) is 5.14. The highest BCUT2D eigenvalue weighted by Crippen LogP contribution is 2.25. The normalized spacial score (nSPS) is 14.2. The van der Waals surface area contributed by atoms with Crippen LogP contribution < -0.4 is 0 Å². The standard InChI is InChI=1S/C17H24O2S/c1-5-7-8-14(3)15(4)16-9-11-17(12-10-16)20(18,19)13-6-2/h9-12,14-15H,5-6,13H2,1-4H3. The van der Waals surface area contributed by atoms with Crippen molar-refractivity contribution < 1.29 is 8.42 Å². The number of hydrogen-bond acceptors (Lipinski definition) is 2. The molecule has 0 radical (unpaired) electrons. The molecular weight excluding hydrogens is 268 g/mol.